The van der Waals surface area contributed by atoms with Crippen molar-refractivity contribution >= 4 is 0 Å². The third kappa shape index (κ3) is 3.40. The van der Waals surface area contributed by atoms with Crippen LogP contribution >= 0.6 is 0 Å². The Morgan fingerprint density at radius 1 is 1.44 bits per heavy atom. The minimum absolute atomic E-state index is 0.412. The number of methoxy groups -OCH3 is 1. The van der Waals surface area contributed by atoms with Gasteiger partial charge in [-0.3, -0.25) is 0 Å². The Labute approximate surface area is 101 Å². The highest BCUT2D eigenvalue weighted by Crippen LogP contribution is 2.42. The van der Waals surface area contributed by atoms with Gasteiger partial charge < -0.3 is 4.74 Å². The first-order valence-corrected chi connectivity index (χ1v) is 6.35. The van der Waals surface area contributed by atoms with Crippen molar-refractivity contribution in [2.75, 3.05) is 7.11 Å². The monoisotopic (exact) mass is 222 g/mol. The first-order chi connectivity index (χ1) is 7.47. The van der Waals surface area contributed by atoms with Gasteiger partial charge >= 0.3 is 0 Å². The predicted octanol–water partition coefficient (Wildman–Crippen LogP) is 4.84. The van der Waals surface area contributed by atoms with E-state index in [0.717, 1.165) is 6.42 Å². The lowest BCUT2D eigenvalue weighted by Crippen LogP contribution is -2.20. The molecule has 1 rings (SSSR count). The molecule has 0 N–H and O–H groups in total. The fourth-order valence-corrected chi connectivity index (χ4v) is 2.81. The van der Waals surface area contributed by atoms with Gasteiger partial charge in [0.05, 0.1) is 13.4 Å². The molecule has 0 unspecified atom stereocenters. The quantitative estimate of drug-likeness (QED) is 0.488. The lowest BCUT2D eigenvalue weighted by atomic mass is 9.71. The van der Waals surface area contributed by atoms with Crippen molar-refractivity contribution in [2.45, 2.75) is 59.8 Å². The zero-order valence-electron chi connectivity index (χ0n) is 11.5. The highest BCUT2D eigenvalue weighted by atomic mass is 16.5. The van der Waals surface area contributed by atoms with Gasteiger partial charge in [0.15, 0.2) is 0 Å². The van der Waals surface area contributed by atoms with Crippen molar-refractivity contribution in [3.8, 4) is 0 Å². The maximum atomic E-state index is 5.04. The van der Waals surface area contributed by atoms with Crippen LogP contribution in [0.25, 0.3) is 0 Å². The molecule has 0 aromatic rings. The average molecular weight is 222 g/mol. The zero-order chi connectivity index (χ0) is 12.2. The van der Waals surface area contributed by atoms with E-state index in [4.69, 9.17) is 4.74 Å². The second-order valence-electron chi connectivity index (χ2n) is 5.70. The summed E-state index contributed by atoms with van der Waals surface area (Å²) in [7, 11) is 1.72. The number of hydrogen-bond donors (Lipinski definition) is 0. The molecule has 0 bridgehead atoms. The van der Waals surface area contributed by atoms with Crippen LogP contribution in [-0.2, 0) is 4.74 Å². The molecule has 1 aliphatic rings. The summed E-state index contributed by atoms with van der Waals surface area (Å²) in [6, 6.07) is 0. The van der Waals surface area contributed by atoms with Gasteiger partial charge in [0.2, 0.25) is 0 Å². The highest BCUT2D eigenvalue weighted by Gasteiger charge is 2.27. The van der Waals surface area contributed by atoms with E-state index >= 15 is 0 Å². The molecule has 1 aliphatic carbocycles. The molecule has 0 aromatic heterocycles. The Morgan fingerprint density at radius 2 is 2.12 bits per heavy atom. The van der Waals surface area contributed by atoms with E-state index in [0.29, 0.717) is 5.41 Å². The maximum Gasteiger partial charge on any atom is 0.0813 e. The summed E-state index contributed by atoms with van der Waals surface area (Å²) in [5.41, 5.74) is 5.06. The molecule has 0 aromatic carbocycles. The molecule has 0 heterocycles. The molecule has 0 spiro atoms. The van der Waals surface area contributed by atoms with Gasteiger partial charge in [-0.2, -0.15) is 0 Å². The molecule has 0 radical (unpaired) electrons. The molecule has 0 saturated heterocycles. The Bertz CT molecular complexity index is 295. The van der Waals surface area contributed by atoms with Crippen LogP contribution in [0.4, 0.5) is 0 Å². The maximum absolute atomic E-state index is 5.04. The summed E-state index contributed by atoms with van der Waals surface area (Å²) in [6.45, 7) is 9.24. The summed E-state index contributed by atoms with van der Waals surface area (Å²) in [4.78, 5) is 0. The van der Waals surface area contributed by atoms with Crippen LogP contribution in [0.1, 0.15) is 59.8 Å². The van der Waals surface area contributed by atoms with E-state index in [2.05, 4.69) is 27.7 Å². The van der Waals surface area contributed by atoms with Crippen LogP contribution < -0.4 is 0 Å². The lowest BCUT2D eigenvalue weighted by molar-refractivity contribution is 0.330. The largest absolute Gasteiger partial charge is 0.504 e. The van der Waals surface area contributed by atoms with Crippen molar-refractivity contribution in [3.63, 3.8) is 0 Å². The SMILES string of the molecule is CO/C=C(\C)CCC1=C(C)CCCC1(C)C. The van der Waals surface area contributed by atoms with Crippen molar-refractivity contribution < 1.29 is 4.74 Å². The van der Waals surface area contributed by atoms with E-state index < -0.39 is 0 Å². The predicted molar refractivity (Wildman–Crippen MR) is 70.3 cm³/mol. The molecular weight excluding hydrogens is 196 g/mol. The molecule has 0 atom stereocenters. The van der Waals surface area contributed by atoms with Gasteiger partial charge in [0, 0.05) is 0 Å². The molecular formula is C15H26O. The fraction of sp³-hybridized carbons (Fsp3) is 0.733. The Morgan fingerprint density at radius 3 is 2.69 bits per heavy atom. The summed E-state index contributed by atoms with van der Waals surface area (Å²) in [5.74, 6) is 0. The van der Waals surface area contributed by atoms with Gasteiger partial charge in [0.1, 0.15) is 0 Å². The van der Waals surface area contributed by atoms with Crippen molar-refractivity contribution in [1.29, 1.82) is 0 Å². The Hall–Kier alpha value is -0.720. The Kier molecular flexibility index (Phi) is 4.64. The molecule has 16 heavy (non-hydrogen) atoms. The van der Waals surface area contributed by atoms with Crippen LogP contribution in [-0.4, -0.2) is 7.11 Å². The lowest BCUT2D eigenvalue weighted by Gasteiger charge is -2.34. The van der Waals surface area contributed by atoms with Crippen LogP contribution in [0.3, 0.4) is 0 Å². The van der Waals surface area contributed by atoms with Crippen LogP contribution in [0.15, 0.2) is 23.0 Å². The summed E-state index contributed by atoms with van der Waals surface area (Å²) >= 11 is 0. The topological polar surface area (TPSA) is 9.23 Å². The van der Waals surface area contributed by atoms with Gasteiger partial charge in [-0.05, 0) is 56.9 Å². The number of allylic oxidation sites excluding steroid dienone is 3. The summed E-state index contributed by atoms with van der Waals surface area (Å²) in [5, 5.41) is 0. The fourth-order valence-electron chi connectivity index (χ4n) is 2.81. The third-order valence-corrected chi connectivity index (χ3v) is 3.77. The normalized spacial score (nSPS) is 21.2. The highest BCUT2D eigenvalue weighted by molar-refractivity contribution is 5.23. The van der Waals surface area contributed by atoms with Crippen LogP contribution in [0.5, 0.6) is 0 Å². The summed E-state index contributed by atoms with van der Waals surface area (Å²) in [6.07, 6.45) is 8.19. The first-order valence-electron chi connectivity index (χ1n) is 6.35. The molecule has 0 aliphatic heterocycles. The Balaban J connectivity index is 2.67. The number of ether oxygens (including phenoxy) is 1. The van der Waals surface area contributed by atoms with E-state index in [1.807, 2.05) is 6.26 Å². The second kappa shape index (κ2) is 5.56. The van der Waals surface area contributed by atoms with Crippen molar-refractivity contribution in [2.24, 2.45) is 5.41 Å². The standard InChI is InChI=1S/C15H26O/c1-12(11-16-5)8-9-14-13(2)7-6-10-15(14,3)4/h11H,6-10H2,1-5H3/b12-11+. The molecule has 0 saturated carbocycles. The van der Waals surface area contributed by atoms with Crippen molar-refractivity contribution in [1.82, 2.24) is 0 Å². The minimum Gasteiger partial charge on any atom is -0.504 e. The third-order valence-electron chi connectivity index (χ3n) is 3.77. The van der Waals surface area contributed by atoms with Crippen LogP contribution in [0, 0.1) is 5.41 Å². The number of hydrogen-bond acceptors (Lipinski definition) is 1. The van der Waals surface area contributed by atoms with Gasteiger partial charge in [0.25, 0.3) is 0 Å². The first kappa shape index (κ1) is 13.3. The smallest absolute Gasteiger partial charge is 0.0813 e. The van der Waals surface area contributed by atoms with E-state index in [9.17, 15) is 0 Å². The number of rotatable bonds is 4. The molecule has 1 heteroatoms. The van der Waals surface area contributed by atoms with Gasteiger partial charge in [-0.15, -0.1) is 0 Å². The second-order valence-corrected chi connectivity index (χ2v) is 5.70. The average Bonchev–Trinajstić information content (AvgIpc) is 2.16. The van der Waals surface area contributed by atoms with Gasteiger partial charge in [-0.1, -0.05) is 25.0 Å². The van der Waals surface area contributed by atoms with E-state index in [1.165, 1.54) is 31.3 Å². The van der Waals surface area contributed by atoms with Crippen LogP contribution in [0.2, 0.25) is 0 Å². The van der Waals surface area contributed by atoms with E-state index in [1.54, 1.807) is 18.3 Å². The van der Waals surface area contributed by atoms with Crippen molar-refractivity contribution in [3.05, 3.63) is 23.0 Å². The molecule has 0 fully saturated rings. The zero-order valence-corrected chi connectivity index (χ0v) is 11.5. The van der Waals surface area contributed by atoms with Gasteiger partial charge in [-0.25, -0.2) is 0 Å². The molecule has 92 valence electrons. The molecule has 1 nitrogen and oxygen atoms in total. The van der Waals surface area contributed by atoms with E-state index in [-0.39, 0.29) is 0 Å². The minimum atomic E-state index is 0.412. The summed E-state index contributed by atoms with van der Waals surface area (Å²) < 4.78 is 5.04. The molecule has 0 amide bonds.